The number of sulfone groups is 1. The van der Waals surface area contributed by atoms with Crippen molar-refractivity contribution in [2.45, 2.75) is 6.42 Å². The highest BCUT2D eigenvalue weighted by Gasteiger charge is 2.20. The summed E-state index contributed by atoms with van der Waals surface area (Å²) in [5, 5.41) is 0. The lowest BCUT2D eigenvalue weighted by Gasteiger charge is -2.26. The van der Waals surface area contributed by atoms with Gasteiger partial charge in [-0.2, -0.15) is 0 Å². The van der Waals surface area contributed by atoms with Crippen molar-refractivity contribution in [3.05, 3.63) is 29.8 Å². The second-order valence-corrected chi connectivity index (χ2v) is 7.19. The lowest BCUT2D eigenvalue weighted by atomic mass is 10.2. The van der Waals surface area contributed by atoms with Gasteiger partial charge in [-0.3, -0.25) is 4.79 Å². The van der Waals surface area contributed by atoms with E-state index in [1.165, 1.54) is 0 Å². The first-order chi connectivity index (χ1) is 9.59. The maximum atomic E-state index is 11.3. The summed E-state index contributed by atoms with van der Waals surface area (Å²) in [4.78, 5) is 12.7. The molecule has 6 heteroatoms. The molecule has 0 spiro atoms. The van der Waals surface area contributed by atoms with E-state index in [-0.39, 0.29) is 11.5 Å². The Morgan fingerprint density at radius 2 is 1.80 bits per heavy atom. The van der Waals surface area contributed by atoms with Gasteiger partial charge in [0.15, 0.2) is 9.84 Å². The second kappa shape index (κ2) is 6.85. The normalized spacial score (nSPS) is 18.6. The van der Waals surface area contributed by atoms with Gasteiger partial charge in [0.2, 0.25) is 0 Å². The van der Waals surface area contributed by atoms with Crippen LogP contribution in [0, 0.1) is 0 Å². The highest BCUT2D eigenvalue weighted by atomic mass is 32.2. The van der Waals surface area contributed by atoms with Gasteiger partial charge in [0, 0.05) is 25.2 Å². The average molecular weight is 297 g/mol. The summed E-state index contributed by atoms with van der Waals surface area (Å²) in [6, 6.07) is 6.99. The minimum atomic E-state index is -2.80. The molecule has 0 amide bonds. The lowest BCUT2D eigenvalue weighted by molar-refractivity contribution is 0.112. The summed E-state index contributed by atoms with van der Waals surface area (Å²) < 4.78 is 28.2. The molecule has 0 saturated carbocycles. The molecule has 1 aromatic carbocycles. The van der Waals surface area contributed by atoms with Gasteiger partial charge in [0.05, 0.1) is 18.1 Å². The molecule has 1 heterocycles. The standard InChI is InChI=1S/C14H19NO4S/c16-12-13-2-4-14(5-3-13)19-9-1-6-15-7-10-20(17,18)11-8-15/h2-5,12H,1,6-11H2. The Morgan fingerprint density at radius 3 is 2.40 bits per heavy atom. The fourth-order valence-corrected chi connectivity index (χ4v) is 3.37. The lowest BCUT2D eigenvalue weighted by Crippen LogP contribution is -2.40. The number of ether oxygens (including phenoxy) is 1. The van der Waals surface area contributed by atoms with Gasteiger partial charge in [-0.05, 0) is 30.7 Å². The predicted octanol–water partition coefficient (Wildman–Crippen LogP) is 0.998. The first-order valence-electron chi connectivity index (χ1n) is 6.70. The molecule has 1 aliphatic heterocycles. The van der Waals surface area contributed by atoms with Crippen LogP contribution in [0.5, 0.6) is 5.75 Å². The average Bonchev–Trinajstić information content (AvgIpc) is 2.46. The van der Waals surface area contributed by atoms with E-state index in [2.05, 4.69) is 4.90 Å². The molecule has 5 nitrogen and oxygen atoms in total. The van der Waals surface area contributed by atoms with Gasteiger partial charge in [-0.1, -0.05) is 0 Å². The van der Waals surface area contributed by atoms with Gasteiger partial charge >= 0.3 is 0 Å². The van der Waals surface area contributed by atoms with Gasteiger partial charge in [0.25, 0.3) is 0 Å². The van der Waals surface area contributed by atoms with Crippen LogP contribution in [0.15, 0.2) is 24.3 Å². The van der Waals surface area contributed by atoms with E-state index in [1.807, 2.05) is 0 Å². The Bertz CT molecular complexity index is 525. The van der Waals surface area contributed by atoms with Crippen LogP contribution in [0.2, 0.25) is 0 Å². The third-order valence-electron chi connectivity index (χ3n) is 3.34. The van der Waals surface area contributed by atoms with Crippen LogP contribution in [0.3, 0.4) is 0 Å². The molecular weight excluding hydrogens is 278 g/mol. The zero-order chi connectivity index (χ0) is 14.4. The van der Waals surface area contributed by atoms with Crippen molar-refractivity contribution in [1.82, 2.24) is 4.90 Å². The molecule has 1 aliphatic rings. The molecule has 20 heavy (non-hydrogen) atoms. The molecule has 0 radical (unpaired) electrons. The Hall–Kier alpha value is -1.40. The third kappa shape index (κ3) is 4.61. The van der Waals surface area contributed by atoms with Crippen molar-refractivity contribution in [3.8, 4) is 5.75 Å². The molecule has 1 saturated heterocycles. The first-order valence-corrected chi connectivity index (χ1v) is 8.52. The number of aldehydes is 1. The van der Waals surface area contributed by atoms with E-state index in [0.29, 0.717) is 25.3 Å². The van der Waals surface area contributed by atoms with Crippen molar-refractivity contribution in [2.24, 2.45) is 0 Å². The molecule has 0 aromatic heterocycles. The van der Waals surface area contributed by atoms with Crippen LogP contribution in [-0.4, -0.2) is 57.4 Å². The van der Waals surface area contributed by atoms with Gasteiger partial charge in [-0.15, -0.1) is 0 Å². The molecule has 2 rings (SSSR count). The number of benzene rings is 1. The van der Waals surface area contributed by atoms with E-state index in [9.17, 15) is 13.2 Å². The van der Waals surface area contributed by atoms with E-state index in [0.717, 1.165) is 25.0 Å². The molecule has 0 aliphatic carbocycles. The van der Waals surface area contributed by atoms with Crippen LogP contribution < -0.4 is 4.74 Å². The van der Waals surface area contributed by atoms with Crippen LogP contribution in [-0.2, 0) is 9.84 Å². The van der Waals surface area contributed by atoms with E-state index >= 15 is 0 Å². The minimum absolute atomic E-state index is 0.265. The molecule has 0 N–H and O–H groups in total. The summed E-state index contributed by atoms with van der Waals surface area (Å²) >= 11 is 0. The fraction of sp³-hybridized carbons (Fsp3) is 0.500. The second-order valence-electron chi connectivity index (χ2n) is 4.88. The SMILES string of the molecule is O=Cc1ccc(OCCCN2CCS(=O)(=O)CC2)cc1. The van der Waals surface area contributed by atoms with Crippen molar-refractivity contribution in [2.75, 3.05) is 37.7 Å². The van der Waals surface area contributed by atoms with Crippen LogP contribution in [0.4, 0.5) is 0 Å². The first kappa shape index (κ1) is 15.0. The summed E-state index contributed by atoms with van der Waals surface area (Å²) in [6.07, 6.45) is 1.66. The van der Waals surface area contributed by atoms with Gasteiger partial charge in [-0.25, -0.2) is 8.42 Å². The number of hydrogen-bond acceptors (Lipinski definition) is 5. The maximum Gasteiger partial charge on any atom is 0.152 e. The summed E-state index contributed by atoms with van der Waals surface area (Å²) in [5.74, 6) is 1.28. The zero-order valence-electron chi connectivity index (χ0n) is 11.3. The van der Waals surface area contributed by atoms with Crippen LogP contribution in [0.25, 0.3) is 0 Å². The van der Waals surface area contributed by atoms with Gasteiger partial charge in [0.1, 0.15) is 12.0 Å². The molecule has 110 valence electrons. The number of carbonyl (C=O) groups excluding carboxylic acids is 1. The van der Waals surface area contributed by atoms with Crippen molar-refractivity contribution in [3.63, 3.8) is 0 Å². The molecular formula is C14H19NO4S. The summed E-state index contributed by atoms with van der Waals surface area (Å²) in [5.41, 5.74) is 0.631. The van der Waals surface area contributed by atoms with Crippen molar-refractivity contribution >= 4 is 16.1 Å². The summed E-state index contributed by atoms with van der Waals surface area (Å²) in [7, 11) is -2.80. The van der Waals surface area contributed by atoms with Crippen LogP contribution in [0.1, 0.15) is 16.8 Å². The van der Waals surface area contributed by atoms with Crippen molar-refractivity contribution < 1.29 is 17.9 Å². The van der Waals surface area contributed by atoms with Crippen molar-refractivity contribution in [1.29, 1.82) is 0 Å². The van der Waals surface area contributed by atoms with E-state index < -0.39 is 9.84 Å². The summed E-state index contributed by atoms with van der Waals surface area (Å²) in [6.45, 7) is 2.68. The molecule has 1 aromatic rings. The largest absolute Gasteiger partial charge is 0.494 e. The fourth-order valence-electron chi connectivity index (χ4n) is 2.09. The Balaban J connectivity index is 1.65. The smallest absolute Gasteiger partial charge is 0.152 e. The number of hydrogen-bond donors (Lipinski definition) is 0. The minimum Gasteiger partial charge on any atom is -0.494 e. The van der Waals surface area contributed by atoms with Crippen LogP contribution >= 0.6 is 0 Å². The number of carbonyl (C=O) groups is 1. The third-order valence-corrected chi connectivity index (χ3v) is 4.95. The van der Waals surface area contributed by atoms with E-state index in [1.54, 1.807) is 24.3 Å². The number of rotatable bonds is 6. The molecule has 0 atom stereocenters. The quantitative estimate of drug-likeness (QED) is 0.579. The van der Waals surface area contributed by atoms with Gasteiger partial charge < -0.3 is 9.64 Å². The highest BCUT2D eigenvalue weighted by molar-refractivity contribution is 7.91. The molecule has 0 unspecified atom stereocenters. The van der Waals surface area contributed by atoms with E-state index in [4.69, 9.17) is 4.74 Å². The Kier molecular flexibility index (Phi) is 5.14. The maximum absolute atomic E-state index is 11.3. The Morgan fingerprint density at radius 1 is 1.15 bits per heavy atom. The monoisotopic (exact) mass is 297 g/mol. The number of nitrogens with zero attached hydrogens (tertiary/aromatic N) is 1. The highest BCUT2D eigenvalue weighted by Crippen LogP contribution is 2.11. The predicted molar refractivity (Wildman–Crippen MR) is 77.0 cm³/mol. The topological polar surface area (TPSA) is 63.7 Å². The zero-order valence-corrected chi connectivity index (χ0v) is 12.1. The molecule has 1 fully saturated rings. The Labute approximate surface area is 119 Å². The molecule has 0 bridgehead atoms.